The Morgan fingerprint density at radius 3 is 2.49 bits per heavy atom. The minimum atomic E-state index is -3.72. The van der Waals surface area contributed by atoms with E-state index >= 15 is 0 Å². The van der Waals surface area contributed by atoms with E-state index in [9.17, 15) is 13.2 Å². The number of carbonyl (C=O) groups excluding carboxylic acids is 1. The molecule has 0 bridgehead atoms. The summed E-state index contributed by atoms with van der Waals surface area (Å²) < 4.78 is 44.4. The predicted octanol–water partition coefficient (Wildman–Crippen LogP) is 3.62. The fourth-order valence-corrected chi connectivity index (χ4v) is 6.10. The largest absolute Gasteiger partial charge is 0.497 e. The molecule has 9 nitrogen and oxygen atoms in total. The molecule has 1 N–H and O–H groups in total. The molecule has 5 rings (SSSR count). The van der Waals surface area contributed by atoms with Gasteiger partial charge in [0, 0.05) is 37.1 Å². The zero-order chi connectivity index (χ0) is 24.6. The number of sulfonamides is 1. The van der Waals surface area contributed by atoms with Crippen molar-refractivity contribution in [1.29, 1.82) is 0 Å². The number of hydrogen-bond acceptors (Lipinski definition) is 7. The maximum atomic E-state index is 13.4. The van der Waals surface area contributed by atoms with Crippen molar-refractivity contribution in [2.24, 2.45) is 0 Å². The molecule has 186 valence electrons. The van der Waals surface area contributed by atoms with Gasteiger partial charge in [0.2, 0.25) is 10.0 Å². The van der Waals surface area contributed by atoms with Gasteiger partial charge in [0.1, 0.15) is 11.3 Å². The normalized spacial score (nSPS) is 17.1. The maximum absolute atomic E-state index is 13.4. The first-order chi connectivity index (χ1) is 16.9. The van der Waals surface area contributed by atoms with Crippen molar-refractivity contribution in [3.8, 4) is 5.75 Å². The number of benzene rings is 2. The number of amides is 1. The summed E-state index contributed by atoms with van der Waals surface area (Å²) in [7, 11) is -2.13. The van der Waals surface area contributed by atoms with Gasteiger partial charge in [0.25, 0.3) is 5.91 Å². The van der Waals surface area contributed by atoms with Crippen LogP contribution in [-0.4, -0.2) is 65.1 Å². The maximum Gasteiger partial charge on any atom is 0.291 e. The zero-order valence-electron chi connectivity index (χ0n) is 19.9. The Balaban J connectivity index is 1.51. The van der Waals surface area contributed by atoms with Crippen LogP contribution in [0.15, 0.2) is 45.7 Å². The van der Waals surface area contributed by atoms with Crippen molar-refractivity contribution < 1.29 is 27.1 Å². The van der Waals surface area contributed by atoms with Crippen LogP contribution in [0.25, 0.3) is 11.0 Å². The number of aryl methyl sites for hydroxylation is 1. The van der Waals surface area contributed by atoms with Gasteiger partial charge in [-0.3, -0.25) is 4.79 Å². The van der Waals surface area contributed by atoms with Crippen LogP contribution in [0.3, 0.4) is 0 Å². The second-order valence-corrected chi connectivity index (χ2v) is 10.7. The average molecular weight is 500 g/mol. The number of furan rings is 1. The molecule has 0 saturated carbocycles. The van der Waals surface area contributed by atoms with Gasteiger partial charge in [-0.15, -0.1) is 0 Å². The Morgan fingerprint density at radius 1 is 1.03 bits per heavy atom. The highest BCUT2D eigenvalue weighted by molar-refractivity contribution is 7.89. The SMILES string of the molecule is COc1ccc2oc(C(=O)Nc3cc(S(=O)(=O)N4CCOCC4)ccc3N3CCCC3)c(C)c2c1. The molecule has 0 aliphatic carbocycles. The first kappa shape index (κ1) is 23.7. The third-order valence-electron chi connectivity index (χ3n) is 6.62. The van der Waals surface area contributed by atoms with Gasteiger partial charge in [-0.25, -0.2) is 8.42 Å². The highest BCUT2D eigenvalue weighted by Crippen LogP contribution is 2.34. The van der Waals surface area contributed by atoms with Crippen LogP contribution in [0, 0.1) is 6.92 Å². The number of nitrogens with one attached hydrogen (secondary N) is 1. The van der Waals surface area contributed by atoms with Crippen molar-refractivity contribution in [1.82, 2.24) is 4.31 Å². The number of carbonyl (C=O) groups is 1. The van der Waals surface area contributed by atoms with E-state index in [-0.39, 0.29) is 10.7 Å². The van der Waals surface area contributed by atoms with Crippen LogP contribution in [-0.2, 0) is 14.8 Å². The quantitative estimate of drug-likeness (QED) is 0.553. The highest BCUT2D eigenvalue weighted by atomic mass is 32.2. The van der Waals surface area contributed by atoms with Gasteiger partial charge >= 0.3 is 0 Å². The number of methoxy groups -OCH3 is 1. The zero-order valence-corrected chi connectivity index (χ0v) is 20.7. The number of morpholine rings is 1. The van der Waals surface area contributed by atoms with Crippen LogP contribution in [0.2, 0.25) is 0 Å². The smallest absolute Gasteiger partial charge is 0.291 e. The summed E-state index contributed by atoms with van der Waals surface area (Å²) in [6.07, 6.45) is 2.09. The average Bonchev–Trinajstić information content (AvgIpc) is 3.53. The Labute approximate surface area is 204 Å². The number of anilines is 2. The molecule has 1 amide bonds. The molecule has 2 aliphatic rings. The van der Waals surface area contributed by atoms with Gasteiger partial charge in [-0.2, -0.15) is 4.31 Å². The van der Waals surface area contributed by atoms with Crippen molar-refractivity contribution in [3.05, 3.63) is 47.7 Å². The summed E-state index contributed by atoms with van der Waals surface area (Å²) in [4.78, 5) is 15.7. The van der Waals surface area contributed by atoms with Crippen molar-refractivity contribution in [3.63, 3.8) is 0 Å². The Hall–Kier alpha value is -3.08. The summed E-state index contributed by atoms with van der Waals surface area (Å²) in [5.41, 5.74) is 2.52. The second-order valence-electron chi connectivity index (χ2n) is 8.76. The first-order valence-corrected chi connectivity index (χ1v) is 13.2. The van der Waals surface area contributed by atoms with E-state index in [0.717, 1.165) is 37.0 Å². The third kappa shape index (κ3) is 4.49. The summed E-state index contributed by atoms with van der Waals surface area (Å²) in [6.45, 7) is 4.86. The van der Waals surface area contributed by atoms with Gasteiger partial charge in [-0.05, 0) is 56.2 Å². The summed E-state index contributed by atoms with van der Waals surface area (Å²) in [5, 5.41) is 3.73. The van der Waals surface area contributed by atoms with E-state index in [1.807, 2.05) is 13.0 Å². The summed E-state index contributed by atoms with van der Waals surface area (Å²) in [5.74, 6) is 0.423. The van der Waals surface area contributed by atoms with E-state index in [4.69, 9.17) is 13.9 Å². The molecule has 2 aliphatic heterocycles. The lowest BCUT2D eigenvalue weighted by Crippen LogP contribution is -2.40. The minimum Gasteiger partial charge on any atom is -0.497 e. The number of ether oxygens (including phenoxy) is 2. The number of rotatable bonds is 6. The third-order valence-corrected chi connectivity index (χ3v) is 8.52. The van der Waals surface area contributed by atoms with Gasteiger partial charge in [0.05, 0.1) is 36.6 Å². The minimum absolute atomic E-state index is 0.142. The molecule has 35 heavy (non-hydrogen) atoms. The molecule has 1 aromatic heterocycles. The van der Waals surface area contributed by atoms with Gasteiger partial charge < -0.3 is 24.1 Å². The van der Waals surface area contributed by atoms with Crippen LogP contribution < -0.4 is 15.0 Å². The molecule has 2 fully saturated rings. The number of nitrogens with zero attached hydrogens (tertiary/aromatic N) is 2. The summed E-state index contributed by atoms with van der Waals surface area (Å²) >= 11 is 0. The van der Waals surface area contributed by atoms with E-state index in [0.29, 0.717) is 48.9 Å². The van der Waals surface area contributed by atoms with Crippen molar-refractivity contribution in [2.75, 3.05) is 56.7 Å². The predicted molar refractivity (Wildman–Crippen MR) is 133 cm³/mol. The van der Waals surface area contributed by atoms with Crippen LogP contribution in [0.4, 0.5) is 11.4 Å². The molecule has 2 saturated heterocycles. The number of fused-ring (bicyclic) bond motifs is 1. The molecule has 0 unspecified atom stereocenters. The van der Waals surface area contributed by atoms with Crippen LogP contribution >= 0.6 is 0 Å². The number of hydrogen-bond donors (Lipinski definition) is 1. The molecule has 3 heterocycles. The lowest BCUT2D eigenvalue weighted by molar-refractivity contribution is 0.0730. The topological polar surface area (TPSA) is 101 Å². The lowest BCUT2D eigenvalue weighted by Gasteiger charge is -2.27. The first-order valence-electron chi connectivity index (χ1n) is 11.7. The molecule has 0 spiro atoms. The Kier molecular flexibility index (Phi) is 6.43. The standard InChI is InChI=1S/C25H29N3O6S/c1-17-20-15-18(32-2)5-8-23(20)34-24(17)25(29)26-21-16-19(6-7-22(21)27-9-3-4-10-27)35(30,31)28-11-13-33-14-12-28/h5-8,15-16H,3-4,9-14H2,1-2H3,(H,26,29). The van der Waals surface area contributed by atoms with E-state index in [1.165, 1.54) is 4.31 Å². The van der Waals surface area contributed by atoms with Crippen LogP contribution in [0.1, 0.15) is 29.0 Å². The van der Waals surface area contributed by atoms with E-state index in [2.05, 4.69) is 10.2 Å². The molecular formula is C25H29N3O6S. The van der Waals surface area contributed by atoms with Crippen molar-refractivity contribution >= 4 is 38.3 Å². The lowest BCUT2D eigenvalue weighted by atomic mass is 10.1. The van der Waals surface area contributed by atoms with Crippen molar-refractivity contribution in [2.45, 2.75) is 24.7 Å². The second kappa shape index (κ2) is 9.52. The van der Waals surface area contributed by atoms with E-state index in [1.54, 1.807) is 37.4 Å². The summed E-state index contributed by atoms with van der Waals surface area (Å²) in [6, 6.07) is 10.3. The van der Waals surface area contributed by atoms with Gasteiger partial charge in [-0.1, -0.05) is 0 Å². The fourth-order valence-electron chi connectivity index (χ4n) is 4.67. The molecule has 2 aromatic carbocycles. The van der Waals surface area contributed by atoms with Gasteiger partial charge in [0.15, 0.2) is 5.76 Å². The molecule has 0 radical (unpaired) electrons. The monoisotopic (exact) mass is 499 g/mol. The Bertz CT molecular complexity index is 1360. The fraction of sp³-hybridized carbons (Fsp3) is 0.400. The highest BCUT2D eigenvalue weighted by Gasteiger charge is 2.29. The van der Waals surface area contributed by atoms with E-state index < -0.39 is 15.9 Å². The Morgan fingerprint density at radius 2 is 1.77 bits per heavy atom. The molecule has 0 atom stereocenters. The van der Waals surface area contributed by atoms with Crippen LogP contribution in [0.5, 0.6) is 5.75 Å². The molecule has 3 aromatic rings. The molecule has 10 heteroatoms. The molecular weight excluding hydrogens is 470 g/mol.